The van der Waals surface area contributed by atoms with Crippen molar-refractivity contribution in [3.05, 3.63) is 38.9 Å². The van der Waals surface area contributed by atoms with Crippen LogP contribution in [0.4, 0.5) is 11.4 Å². The number of benzene rings is 1. The van der Waals surface area contributed by atoms with Crippen LogP contribution in [0.2, 0.25) is 0 Å². The molecule has 0 saturated carbocycles. The fraction of sp³-hybridized carbons (Fsp3) is 0.385. The molecule has 1 N–H and O–H groups in total. The Bertz CT molecular complexity index is 713. The minimum absolute atomic E-state index is 0.125. The lowest BCUT2D eigenvalue weighted by atomic mass is 10.1. The highest BCUT2D eigenvalue weighted by Gasteiger charge is 2.19. The number of anilines is 1. The van der Waals surface area contributed by atoms with Crippen molar-refractivity contribution >= 4 is 22.3 Å². The summed E-state index contributed by atoms with van der Waals surface area (Å²) in [5, 5.41) is 11.4. The summed E-state index contributed by atoms with van der Waals surface area (Å²) >= 11 is 0. The van der Waals surface area contributed by atoms with Crippen LogP contribution in [0.25, 0.3) is 10.9 Å². The zero-order chi connectivity index (χ0) is 15.4. The molecule has 0 radical (unpaired) electrons. The first-order valence-electron chi connectivity index (χ1n) is 6.49. The summed E-state index contributed by atoms with van der Waals surface area (Å²) < 4.78 is 5.25. The van der Waals surface area contributed by atoms with E-state index in [4.69, 9.17) is 4.74 Å². The van der Waals surface area contributed by atoms with E-state index < -0.39 is 10.5 Å². The summed E-state index contributed by atoms with van der Waals surface area (Å²) in [5.74, 6) is 0. The molecule has 0 saturated heterocycles. The van der Waals surface area contributed by atoms with Crippen molar-refractivity contribution in [1.82, 2.24) is 9.97 Å². The Kier molecular flexibility index (Phi) is 4.49. The van der Waals surface area contributed by atoms with Crippen molar-refractivity contribution in [2.75, 3.05) is 31.7 Å². The van der Waals surface area contributed by atoms with Crippen molar-refractivity contribution in [3.63, 3.8) is 0 Å². The second kappa shape index (κ2) is 6.31. The first-order chi connectivity index (χ1) is 10.0. The number of likely N-dealkylation sites (N-methyl/N-ethyl adjacent to an activating group) is 1. The second-order valence-corrected chi connectivity index (χ2v) is 4.47. The van der Waals surface area contributed by atoms with E-state index in [0.29, 0.717) is 31.0 Å². The maximum absolute atomic E-state index is 11.7. The summed E-state index contributed by atoms with van der Waals surface area (Å²) in [7, 11) is 1.74. The third-order valence-electron chi connectivity index (χ3n) is 3.12. The van der Waals surface area contributed by atoms with E-state index in [1.165, 1.54) is 12.4 Å². The minimum atomic E-state index is -0.502. The molecule has 0 atom stereocenters. The average Bonchev–Trinajstić information content (AvgIpc) is 2.46. The van der Waals surface area contributed by atoms with E-state index in [1.54, 1.807) is 18.0 Å². The summed E-state index contributed by atoms with van der Waals surface area (Å²) in [6.45, 7) is 3.44. The van der Waals surface area contributed by atoms with E-state index in [0.717, 1.165) is 0 Å². The van der Waals surface area contributed by atoms with Crippen LogP contribution in [0.1, 0.15) is 6.92 Å². The summed E-state index contributed by atoms with van der Waals surface area (Å²) in [6, 6.07) is 2.81. The molecule has 8 nitrogen and oxygen atoms in total. The molecule has 21 heavy (non-hydrogen) atoms. The van der Waals surface area contributed by atoms with Crippen molar-refractivity contribution in [3.8, 4) is 0 Å². The molecule has 0 fully saturated rings. The Balaban J connectivity index is 2.48. The third kappa shape index (κ3) is 3.16. The van der Waals surface area contributed by atoms with Crippen LogP contribution >= 0.6 is 0 Å². The lowest BCUT2D eigenvalue weighted by Gasteiger charge is -2.19. The van der Waals surface area contributed by atoms with Crippen LogP contribution < -0.4 is 10.5 Å². The molecule has 8 heteroatoms. The molecule has 2 rings (SSSR count). The maximum atomic E-state index is 11.7. The van der Waals surface area contributed by atoms with Crippen LogP contribution in [0.5, 0.6) is 0 Å². The molecule has 0 aliphatic heterocycles. The molecular weight excluding hydrogens is 276 g/mol. The van der Waals surface area contributed by atoms with Crippen molar-refractivity contribution in [1.29, 1.82) is 0 Å². The van der Waals surface area contributed by atoms with Gasteiger partial charge in [0.05, 0.1) is 28.8 Å². The molecular formula is C13H16N4O4. The van der Waals surface area contributed by atoms with E-state index in [1.807, 2.05) is 6.92 Å². The normalized spacial score (nSPS) is 10.8. The average molecular weight is 292 g/mol. The largest absolute Gasteiger partial charge is 0.380 e. The highest BCUT2D eigenvalue weighted by Crippen LogP contribution is 2.30. The minimum Gasteiger partial charge on any atom is -0.380 e. The van der Waals surface area contributed by atoms with Gasteiger partial charge in [-0.2, -0.15) is 0 Å². The Labute approximate surface area is 120 Å². The number of nitrogens with zero attached hydrogens (tertiary/aromatic N) is 3. The highest BCUT2D eigenvalue weighted by molar-refractivity contribution is 5.86. The number of hydrogen-bond donors (Lipinski definition) is 1. The first kappa shape index (κ1) is 14.9. The van der Waals surface area contributed by atoms with Gasteiger partial charge in [0.15, 0.2) is 0 Å². The van der Waals surface area contributed by atoms with E-state index in [9.17, 15) is 14.9 Å². The van der Waals surface area contributed by atoms with Gasteiger partial charge in [0.1, 0.15) is 5.69 Å². The highest BCUT2D eigenvalue weighted by atomic mass is 16.6. The van der Waals surface area contributed by atoms with Crippen LogP contribution in [0, 0.1) is 10.1 Å². The number of aromatic nitrogens is 2. The Morgan fingerprint density at radius 3 is 2.90 bits per heavy atom. The summed E-state index contributed by atoms with van der Waals surface area (Å²) in [6.07, 6.45) is 1.28. The first-order valence-corrected chi connectivity index (χ1v) is 6.49. The van der Waals surface area contributed by atoms with Gasteiger partial charge in [-0.3, -0.25) is 14.9 Å². The zero-order valence-corrected chi connectivity index (χ0v) is 11.8. The lowest BCUT2D eigenvalue weighted by molar-refractivity contribution is -0.384. The standard InChI is InChI=1S/C13H16N4O4/c1-3-21-5-4-16(2)11-7-10-9(6-12(11)17(19)20)13(18)15-8-14-10/h6-8H,3-5H2,1-2H3,(H,14,15,18). The fourth-order valence-corrected chi connectivity index (χ4v) is 2.01. The monoisotopic (exact) mass is 292 g/mol. The molecule has 2 aromatic rings. The smallest absolute Gasteiger partial charge is 0.293 e. The molecule has 1 aromatic carbocycles. The van der Waals surface area contributed by atoms with Crippen LogP contribution in [0.3, 0.4) is 0 Å². The molecule has 0 bridgehead atoms. The fourth-order valence-electron chi connectivity index (χ4n) is 2.01. The van der Waals surface area contributed by atoms with Gasteiger partial charge in [-0.25, -0.2) is 4.98 Å². The Morgan fingerprint density at radius 2 is 2.24 bits per heavy atom. The molecule has 0 aliphatic carbocycles. The van der Waals surface area contributed by atoms with E-state index >= 15 is 0 Å². The van der Waals surface area contributed by atoms with Gasteiger partial charge in [0.2, 0.25) is 0 Å². The molecule has 1 heterocycles. The Morgan fingerprint density at radius 1 is 1.48 bits per heavy atom. The van der Waals surface area contributed by atoms with Gasteiger partial charge in [-0.1, -0.05) is 0 Å². The number of nitro groups is 1. The lowest BCUT2D eigenvalue weighted by Crippen LogP contribution is -2.23. The summed E-state index contributed by atoms with van der Waals surface area (Å²) in [5.41, 5.74) is 0.305. The SMILES string of the molecule is CCOCCN(C)c1cc2nc[nH]c(=O)c2cc1[N+](=O)[O-]. The molecule has 112 valence electrons. The molecule has 0 unspecified atom stereocenters. The quantitative estimate of drug-likeness (QED) is 0.489. The van der Waals surface area contributed by atoms with Crippen LogP contribution in [-0.2, 0) is 4.74 Å². The third-order valence-corrected chi connectivity index (χ3v) is 3.12. The molecule has 0 amide bonds. The predicted molar refractivity (Wildman–Crippen MR) is 78.8 cm³/mol. The van der Waals surface area contributed by atoms with Crippen LogP contribution in [0.15, 0.2) is 23.3 Å². The van der Waals surface area contributed by atoms with Gasteiger partial charge >= 0.3 is 0 Å². The number of hydrogen-bond acceptors (Lipinski definition) is 6. The van der Waals surface area contributed by atoms with Gasteiger partial charge in [-0.05, 0) is 13.0 Å². The van der Waals surface area contributed by atoms with Gasteiger partial charge < -0.3 is 14.6 Å². The molecule has 1 aromatic heterocycles. The second-order valence-electron chi connectivity index (χ2n) is 4.47. The van der Waals surface area contributed by atoms with Crippen molar-refractivity contribution in [2.24, 2.45) is 0 Å². The number of nitro benzene ring substituents is 1. The van der Waals surface area contributed by atoms with Crippen molar-refractivity contribution in [2.45, 2.75) is 6.92 Å². The number of rotatable bonds is 6. The number of aromatic amines is 1. The van der Waals surface area contributed by atoms with Crippen molar-refractivity contribution < 1.29 is 9.66 Å². The predicted octanol–water partition coefficient (Wildman–Crippen LogP) is 1.30. The maximum Gasteiger partial charge on any atom is 0.293 e. The topological polar surface area (TPSA) is 101 Å². The van der Waals surface area contributed by atoms with Crippen LogP contribution in [-0.4, -0.2) is 41.7 Å². The number of H-pyrrole nitrogens is 1. The zero-order valence-electron chi connectivity index (χ0n) is 11.8. The van der Waals surface area contributed by atoms with E-state index in [-0.39, 0.29) is 11.1 Å². The Hall–Kier alpha value is -2.48. The summed E-state index contributed by atoms with van der Waals surface area (Å²) in [4.78, 5) is 30.6. The van der Waals surface area contributed by atoms with E-state index in [2.05, 4.69) is 9.97 Å². The number of ether oxygens (including phenoxy) is 1. The number of fused-ring (bicyclic) bond motifs is 1. The molecule has 0 aliphatic rings. The van der Waals surface area contributed by atoms with Gasteiger partial charge in [0, 0.05) is 26.3 Å². The van der Waals surface area contributed by atoms with Gasteiger partial charge in [-0.15, -0.1) is 0 Å². The number of nitrogens with one attached hydrogen (secondary N) is 1. The van der Waals surface area contributed by atoms with Gasteiger partial charge in [0.25, 0.3) is 11.2 Å². The molecule has 0 spiro atoms.